The lowest BCUT2D eigenvalue weighted by Gasteiger charge is -2.08. The molecule has 0 radical (unpaired) electrons. The lowest BCUT2D eigenvalue weighted by molar-refractivity contribution is 0.603. The third-order valence-corrected chi connectivity index (χ3v) is 6.36. The van der Waals surface area contributed by atoms with E-state index in [4.69, 9.17) is 0 Å². The molecule has 0 aliphatic rings. The van der Waals surface area contributed by atoms with Crippen LogP contribution in [0.5, 0.6) is 0 Å². The summed E-state index contributed by atoms with van der Waals surface area (Å²) in [4.78, 5) is 0.0230. The molecule has 1 aromatic rings. The number of sulfone groups is 1. The summed E-state index contributed by atoms with van der Waals surface area (Å²) in [6.45, 7) is 3.87. The van der Waals surface area contributed by atoms with Crippen molar-refractivity contribution < 1.29 is 8.42 Å². The van der Waals surface area contributed by atoms with Gasteiger partial charge in [-0.25, -0.2) is 8.42 Å². The van der Waals surface area contributed by atoms with E-state index in [9.17, 15) is 13.7 Å². The molecule has 3 nitrogen and oxygen atoms in total. The van der Waals surface area contributed by atoms with Crippen LogP contribution in [0.2, 0.25) is 0 Å². The molecule has 0 amide bonds. The third kappa shape index (κ3) is 4.03. The average molecular weight is 313 g/mol. The van der Waals surface area contributed by atoms with E-state index < -0.39 is 9.84 Å². The quantitative estimate of drug-likeness (QED) is 0.750. The number of benzene rings is 1. The molecule has 0 spiro atoms. The first kappa shape index (κ1) is 16.2. The van der Waals surface area contributed by atoms with Gasteiger partial charge in [0.15, 0.2) is 4.91 Å². The number of nitrogens with zero attached hydrogens (tertiary/aromatic N) is 1. The predicted molar refractivity (Wildman–Crippen MR) is 82.5 cm³/mol. The minimum absolute atomic E-state index is 0.141. The van der Waals surface area contributed by atoms with Crippen molar-refractivity contribution in [3.63, 3.8) is 0 Å². The van der Waals surface area contributed by atoms with Crippen molar-refractivity contribution in [3.05, 3.63) is 39.5 Å². The van der Waals surface area contributed by atoms with Gasteiger partial charge in [-0.15, -0.1) is 23.5 Å². The molecule has 0 fully saturated rings. The van der Waals surface area contributed by atoms with Crippen LogP contribution < -0.4 is 0 Å². The van der Waals surface area contributed by atoms with Gasteiger partial charge < -0.3 is 0 Å². The number of rotatable bonds is 6. The van der Waals surface area contributed by atoms with Gasteiger partial charge in [-0.1, -0.05) is 32.0 Å². The summed E-state index contributed by atoms with van der Waals surface area (Å²) < 4.78 is 25.5. The smallest absolute Gasteiger partial charge is 0.218 e. The minimum Gasteiger partial charge on any atom is -0.218 e. The molecule has 19 heavy (non-hydrogen) atoms. The summed E-state index contributed by atoms with van der Waals surface area (Å²) in [6, 6.07) is 9.94. The number of thioether (sulfide) groups is 2. The van der Waals surface area contributed by atoms with Gasteiger partial charge in [-0.05, 0) is 23.6 Å². The molecule has 0 heterocycles. The molecule has 0 saturated carbocycles. The molecule has 0 saturated heterocycles. The zero-order valence-electron chi connectivity index (χ0n) is 10.8. The van der Waals surface area contributed by atoms with E-state index in [0.29, 0.717) is 4.24 Å². The van der Waals surface area contributed by atoms with Crippen molar-refractivity contribution >= 4 is 33.4 Å². The van der Waals surface area contributed by atoms with Crippen molar-refractivity contribution in [3.8, 4) is 6.07 Å². The van der Waals surface area contributed by atoms with Gasteiger partial charge in [0.05, 0.1) is 9.13 Å². The Bertz CT molecular complexity index is 578. The highest BCUT2D eigenvalue weighted by molar-refractivity contribution is 8.23. The van der Waals surface area contributed by atoms with Crippen LogP contribution in [0.25, 0.3) is 0 Å². The SMILES string of the molecule is CCSC(SCC)=C(C#N)S(=O)(=O)c1ccccc1. The van der Waals surface area contributed by atoms with Gasteiger partial charge in [-0.2, -0.15) is 5.26 Å². The molecule has 102 valence electrons. The van der Waals surface area contributed by atoms with Crippen molar-refractivity contribution in [1.29, 1.82) is 5.26 Å². The summed E-state index contributed by atoms with van der Waals surface area (Å²) in [5, 5.41) is 9.23. The van der Waals surface area contributed by atoms with Crippen LogP contribution in [0.1, 0.15) is 13.8 Å². The Kier molecular flexibility index (Phi) is 6.49. The second-order valence-electron chi connectivity index (χ2n) is 3.41. The molecule has 0 aromatic heterocycles. The third-order valence-electron chi connectivity index (χ3n) is 2.16. The zero-order chi connectivity index (χ0) is 14.3. The number of nitriles is 1. The van der Waals surface area contributed by atoms with Crippen LogP contribution in [-0.2, 0) is 9.84 Å². The van der Waals surface area contributed by atoms with E-state index in [-0.39, 0.29) is 9.80 Å². The van der Waals surface area contributed by atoms with E-state index in [1.165, 1.54) is 35.7 Å². The van der Waals surface area contributed by atoms with Crippen LogP contribution in [0.3, 0.4) is 0 Å². The lowest BCUT2D eigenvalue weighted by Crippen LogP contribution is -2.05. The van der Waals surface area contributed by atoms with Crippen LogP contribution in [0.15, 0.2) is 44.4 Å². The van der Waals surface area contributed by atoms with Gasteiger partial charge >= 0.3 is 0 Å². The molecule has 1 aromatic carbocycles. The molecule has 0 bridgehead atoms. The zero-order valence-corrected chi connectivity index (χ0v) is 13.2. The summed E-state index contributed by atoms with van der Waals surface area (Å²) in [7, 11) is -3.72. The Balaban J connectivity index is 3.37. The first-order valence-corrected chi connectivity index (χ1v) is 9.23. The van der Waals surface area contributed by atoms with Gasteiger partial charge in [0.25, 0.3) is 0 Å². The summed E-state index contributed by atoms with van der Waals surface area (Å²) in [5.41, 5.74) is 0. The molecular weight excluding hydrogens is 298 g/mol. The van der Waals surface area contributed by atoms with Gasteiger partial charge in [0.2, 0.25) is 9.84 Å². The second-order valence-corrected chi connectivity index (χ2v) is 8.10. The van der Waals surface area contributed by atoms with Crippen molar-refractivity contribution in [2.75, 3.05) is 11.5 Å². The van der Waals surface area contributed by atoms with Gasteiger partial charge in [-0.3, -0.25) is 0 Å². The maximum Gasteiger partial charge on any atom is 0.218 e. The molecule has 0 N–H and O–H groups in total. The van der Waals surface area contributed by atoms with E-state index in [1.807, 2.05) is 19.9 Å². The van der Waals surface area contributed by atoms with E-state index in [1.54, 1.807) is 18.2 Å². The Labute approximate surface area is 123 Å². The molecule has 0 aliphatic carbocycles. The first-order chi connectivity index (χ1) is 9.07. The Morgan fingerprint density at radius 3 is 2.11 bits per heavy atom. The highest BCUT2D eigenvalue weighted by atomic mass is 32.2. The number of hydrogen-bond acceptors (Lipinski definition) is 5. The van der Waals surface area contributed by atoms with E-state index in [2.05, 4.69) is 0 Å². The summed E-state index contributed by atoms with van der Waals surface area (Å²) in [6.07, 6.45) is 0. The Hall–Kier alpha value is -0.900. The molecular formula is C13H15NO2S3. The Morgan fingerprint density at radius 1 is 1.16 bits per heavy atom. The second kappa shape index (κ2) is 7.63. The molecule has 6 heteroatoms. The maximum absolute atomic E-state index is 12.4. The molecule has 0 aliphatic heterocycles. The fraction of sp³-hybridized carbons (Fsp3) is 0.308. The summed E-state index contributed by atoms with van der Waals surface area (Å²) >= 11 is 2.79. The van der Waals surface area contributed by atoms with Crippen molar-refractivity contribution in [1.82, 2.24) is 0 Å². The van der Waals surface area contributed by atoms with E-state index >= 15 is 0 Å². The lowest BCUT2D eigenvalue weighted by atomic mass is 10.4. The number of allylic oxidation sites excluding steroid dienone is 1. The largest absolute Gasteiger partial charge is 0.218 e. The highest BCUT2D eigenvalue weighted by Gasteiger charge is 2.24. The molecule has 1 rings (SSSR count). The normalized spacial score (nSPS) is 10.8. The topological polar surface area (TPSA) is 57.9 Å². The van der Waals surface area contributed by atoms with Crippen molar-refractivity contribution in [2.45, 2.75) is 18.7 Å². The standard InChI is InChI=1S/C13H15NO2S3/c1-3-17-13(18-4-2)12(10-14)19(15,16)11-8-6-5-7-9-11/h5-9H,3-4H2,1-2H3. The Morgan fingerprint density at radius 2 is 1.68 bits per heavy atom. The summed E-state index contributed by atoms with van der Waals surface area (Å²) in [5.74, 6) is 1.47. The van der Waals surface area contributed by atoms with Crippen molar-refractivity contribution in [2.24, 2.45) is 0 Å². The van der Waals surface area contributed by atoms with E-state index in [0.717, 1.165) is 11.5 Å². The van der Waals surface area contributed by atoms with Crippen LogP contribution in [0, 0.1) is 11.3 Å². The predicted octanol–water partition coefficient (Wildman–Crippen LogP) is 3.66. The van der Waals surface area contributed by atoms with Gasteiger partial charge in [0, 0.05) is 0 Å². The van der Waals surface area contributed by atoms with Crippen LogP contribution in [0.4, 0.5) is 0 Å². The average Bonchev–Trinajstić information content (AvgIpc) is 2.41. The van der Waals surface area contributed by atoms with Crippen LogP contribution >= 0.6 is 23.5 Å². The fourth-order valence-corrected chi connectivity index (χ4v) is 5.39. The van der Waals surface area contributed by atoms with Crippen LogP contribution in [-0.4, -0.2) is 19.9 Å². The fourth-order valence-electron chi connectivity index (χ4n) is 1.37. The molecule has 0 atom stereocenters. The molecule has 0 unspecified atom stereocenters. The number of hydrogen-bond donors (Lipinski definition) is 0. The monoisotopic (exact) mass is 313 g/mol. The minimum atomic E-state index is -3.72. The maximum atomic E-state index is 12.4. The first-order valence-electron chi connectivity index (χ1n) is 5.78. The highest BCUT2D eigenvalue weighted by Crippen LogP contribution is 2.35. The van der Waals surface area contributed by atoms with Gasteiger partial charge in [0.1, 0.15) is 6.07 Å².